The van der Waals surface area contributed by atoms with E-state index in [1.165, 1.54) is 0 Å². The van der Waals surface area contributed by atoms with E-state index in [1.54, 1.807) is 0 Å². The fraction of sp³-hybridized carbons (Fsp3) is 0.364. The van der Waals surface area contributed by atoms with Crippen LogP contribution in [-0.4, -0.2) is 21.9 Å². The molecule has 1 fully saturated rings. The molecule has 1 aliphatic rings. The van der Waals surface area contributed by atoms with Gasteiger partial charge in [0.2, 0.25) is 0 Å². The minimum Gasteiger partial charge on any atom is -0.336 e. The van der Waals surface area contributed by atoms with Gasteiger partial charge in [0, 0.05) is 0 Å². The Morgan fingerprint density at radius 3 is 2.89 bits per heavy atom. The summed E-state index contributed by atoms with van der Waals surface area (Å²) < 4.78 is 0. The molecule has 0 aromatic carbocycles. The van der Waals surface area contributed by atoms with E-state index in [9.17, 15) is 14.9 Å². The van der Waals surface area contributed by atoms with Crippen molar-refractivity contribution in [3.05, 3.63) is 33.1 Å². The van der Waals surface area contributed by atoms with Gasteiger partial charge in [-0.2, -0.15) is 5.26 Å². The smallest absolute Gasteiger partial charge is 0.300 e. The van der Waals surface area contributed by atoms with Crippen LogP contribution in [0.1, 0.15) is 23.2 Å². The normalized spacial score (nSPS) is 15.4. The van der Waals surface area contributed by atoms with Gasteiger partial charge in [0.15, 0.2) is 0 Å². The number of pyridine rings is 1. The van der Waals surface area contributed by atoms with Gasteiger partial charge in [0.05, 0.1) is 11.0 Å². The fourth-order valence-electron chi connectivity index (χ4n) is 1.65. The third-order valence-corrected chi connectivity index (χ3v) is 3.02. The van der Waals surface area contributed by atoms with E-state index in [-0.39, 0.29) is 16.6 Å². The van der Waals surface area contributed by atoms with Gasteiger partial charge in [-0.25, -0.2) is 4.98 Å². The van der Waals surface area contributed by atoms with Gasteiger partial charge in [-0.15, -0.1) is 0 Å². The predicted octanol–water partition coefficient (Wildman–Crippen LogP) is 1.68. The van der Waals surface area contributed by atoms with Gasteiger partial charge in [-0.3, -0.25) is 14.9 Å². The standard InChI is InChI=1S/C11H9ClN4O3/c12-10-3-7(9(5-14-10)16(18)19)11(17)15-8(4-13)6-1-2-6/h3,5-6,8H,1-2H2,(H,15,17). The highest BCUT2D eigenvalue weighted by molar-refractivity contribution is 6.29. The second-order valence-electron chi connectivity index (χ2n) is 4.20. The topological polar surface area (TPSA) is 109 Å². The van der Waals surface area contributed by atoms with Crippen molar-refractivity contribution >= 4 is 23.2 Å². The van der Waals surface area contributed by atoms with E-state index < -0.39 is 22.6 Å². The summed E-state index contributed by atoms with van der Waals surface area (Å²) >= 11 is 5.63. The average Bonchev–Trinajstić information content (AvgIpc) is 3.19. The summed E-state index contributed by atoms with van der Waals surface area (Å²) in [5.74, 6) is -0.556. The molecule has 1 atom stereocenters. The number of nitriles is 1. The highest BCUT2D eigenvalue weighted by Gasteiger charge is 2.33. The van der Waals surface area contributed by atoms with Gasteiger partial charge in [0.1, 0.15) is 23.0 Å². The number of hydrogen-bond donors (Lipinski definition) is 1. The quantitative estimate of drug-likeness (QED) is 0.512. The van der Waals surface area contributed by atoms with Crippen LogP contribution in [0.5, 0.6) is 0 Å². The van der Waals surface area contributed by atoms with Crippen LogP contribution in [-0.2, 0) is 0 Å². The summed E-state index contributed by atoms with van der Waals surface area (Å²) in [4.78, 5) is 25.6. The van der Waals surface area contributed by atoms with E-state index in [1.807, 2.05) is 6.07 Å². The molecule has 1 saturated carbocycles. The summed E-state index contributed by atoms with van der Waals surface area (Å²) in [5, 5.41) is 22.2. The van der Waals surface area contributed by atoms with Crippen molar-refractivity contribution < 1.29 is 9.72 Å². The predicted molar refractivity (Wildman–Crippen MR) is 65.5 cm³/mol. The number of aromatic nitrogens is 1. The van der Waals surface area contributed by atoms with Gasteiger partial charge >= 0.3 is 0 Å². The summed E-state index contributed by atoms with van der Waals surface area (Å²) in [5.41, 5.74) is -0.625. The highest BCUT2D eigenvalue weighted by Crippen LogP contribution is 2.32. The molecule has 1 N–H and O–H groups in total. The SMILES string of the molecule is N#CC(NC(=O)c1cc(Cl)ncc1[N+](=O)[O-])C1CC1. The van der Waals surface area contributed by atoms with E-state index in [2.05, 4.69) is 10.3 Å². The minimum atomic E-state index is -0.712. The van der Waals surface area contributed by atoms with E-state index >= 15 is 0 Å². The Bertz CT molecular complexity index is 580. The van der Waals surface area contributed by atoms with Crippen LogP contribution in [0.4, 0.5) is 5.69 Å². The van der Waals surface area contributed by atoms with Crippen LogP contribution < -0.4 is 5.32 Å². The monoisotopic (exact) mass is 280 g/mol. The zero-order chi connectivity index (χ0) is 14.0. The number of carbonyl (C=O) groups is 1. The lowest BCUT2D eigenvalue weighted by molar-refractivity contribution is -0.385. The summed E-state index contributed by atoms with van der Waals surface area (Å²) in [7, 11) is 0. The first-order valence-corrected chi connectivity index (χ1v) is 5.91. The molecule has 0 spiro atoms. The Morgan fingerprint density at radius 2 is 2.37 bits per heavy atom. The van der Waals surface area contributed by atoms with Crippen molar-refractivity contribution in [2.75, 3.05) is 0 Å². The van der Waals surface area contributed by atoms with Crippen LogP contribution >= 0.6 is 11.6 Å². The van der Waals surface area contributed by atoms with Gasteiger partial charge in [-0.1, -0.05) is 11.6 Å². The molecule has 1 unspecified atom stereocenters. The first kappa shape index (κ1) is 13.2. The van der Waals surface area contributed by atoms with Gasteiger partial charge in [-0.05, 0) is 24.8 Å². The third kappa shape index (κ3) is 2.98. The lowest BCUT2D eigenvalue weighted by Crippen LogP contribution is -2.35. The molecule has 8 heteroatoms. The maximum absolute atomic E-state index is 12.0. The lowest BCUT2D eigenvalue weighted by Gasteiger charge is -2.10. The molecule has 1 aliphatic carbocycles. The number of halogens is 1. The molecule has 2 rings (SSSR count). The fourth-order valence-corrected chi connectivity index (χ4v) is 1.81. The average molecular weight is 281 g/mol. The van der Waals surface area contributed by atoms with Crippen LogP contribution in [0.15, 0.2) is 12.3 Å². The van der Waals surface area contributed by atoms with E-state index in [0.717, 1.165) is 25.1 Å². The zero-order valence-electron chi connectivity index (χ0n) is 9.67. The van der Waals surface area contributed by atoms with Gasteiger partial charge < -0.3 is 5.32 Å². The maximum Gasteiger partial charge on any atom is 0.300 e. The Balaban J connectivity index is 2.25. The largest absolute Gasteiger partial charge is 0.336 e. The second kappa shape index (κ2) is 5.20. The Kier molecular flexibility index (Phi) is 3.62. The molecule has 1 aromatic rings. The van der Waals surface area contributed by atoms with Crippen molar-refractivity contribution in [1.29, 1.82) is 5.26 Å². The third-order valence-electron chi connectivity index (χ3n) is 2.81. The van der Waals surface area contributed by atoms with Crippen molar-refractivity contribution in [2.24, 2.45) is 5.92 Å². The van der Waals surface area contributed by atoms with Crippen molar-refractivity contribution in [2.45, 2.75) is 18.9 Å². The zero-order valence-corrected chi connectivity index (χ0v) is 10.4. The molecular formula is C11H9ClN4O3. The number of nitro groups is 1. The molecule has 0 bridgehead atoms. The summed E-state index contributed by atoms with van der Waals surface area (Å²) in [6.07, 6.45) is 2.67. The number of nitrogens with one attached hydrogen (secondary N) is 1. The molecule has 0 saturated heterocycles. The number of nitrogens with zero attached hydrogens (tertiary/aromatic N) is 3. The van der Waals surface area contributed by atoms with E-state index in [4.69, 9.17) is 16.9 Å². The molecular weight excluding hydrogens is 272 g/mol. The molecule has 98 valence electrons. The van der Waals surface area contributed by atoms with E-state index in [0.29, 0.717) is 0 Å². The van der Waals surface area contributed by atoms with Crippen LogP contribution in [0.2, 0.25) is 5.15 Å². The first-order valence-electron chi connectivity index (χ1n) is 5.53. The molecule has 19 heavy (non-hydrogen) atoms. The van der Waals surface area contributed by atoms with Crippen LogP contribution in [0.25, 0.3) is 0 Å². The van der Waals surface area contributed by atoms with Crippen LogP contribution in [0.3, 0.4) is 0 Å². The minimum absolute atomic E-state index is 0.0179. The lowest BCUT2D eigenvalue weighted by atomic mass is 10.1. The van der Waals surface area contributed by atoms with Crippen molar-refractivity contribution in [1.82, 2.24) is 10.3 Å². The molecule has 1 heterocycles. The van der Waals surface area contributed by atoms with Gasteiger partial charge in [0.25, 0.3) is 11.6 Å². The Hall–Kier alpha value is -2.20. The number of amides is 1. The number of carbonyl (C=O) groups excluding carboxylic acids is 1. The number of rotatable bonds is 4. The number of hydrogen-bond acceptors (Lipinski definition) is 5. The highest BCUT2D eigenvalue weighted by atomic mass is 35.5. The van der Waals surface area contributed by atoms with Crippen molar-refractivity contribution in [3.63, 3.8) is 0 Å². The molecule has 1 amide bonds. The molecule has 7 nitrogen and oxygen atoms in total. The molecule has 1 aromatic heterocycles. The molecule has 0 radical (unpaired) electrons. The Labute approximate surface area is 113 Å². The molecule has 0 aliphatic heterocycles. The maximum atomic E-state index is 12.0. The summed E-state index contributed by atoms with van der Waals surface area (Å²) in [6, 6.07) is 2.47. The van der Waals surface area contributed by atoms with Crippen LogP contribution in [0, 0.1) is 27.4 Å². The van der Waals surface area contributed by atoms with Crippen molar-refractivity contribution in [3.8, 4) is 6.07 Å². The summed E-state index contributed by atoms with van der Waals surface area (Å²) in [6.45, 7) is 0. The Morgan fingerprint density at radius 1 is 1.68 bits per heavy atom. The first-order chi connectivity index (χ1) is 9.02. The second-order valence-corrected chi connectivity index (χ2v) is 4.59.